The van der Waals surface area contributed by atoms with Gasteiger partial charge in [-0.1, -0.05) is 15.9 Å². The summed E-state index contributed by atoms with van der Waals surface area (Å²) in [6.45, 7) is 0.859. The van der Waals surface area contributed by atoms with E-state index in [0.717, 1.165) is 17.3 Å². The molecule has 2 fully saturated rings. The van der Waals surface area contributed by atoms with E-state index in [-0.39, 0.29) is 36.3 Å². The predicted molar refractivity (Wildman–Crippen MR) is 86.4 cm³/mol. The summed E-state index contributed by atoms with van der Waals surface area (Å²) in [5.74, 6) is 0. The van der Waals surface area contributed by atoms with E-state index >= 15 is 0 Å². The largest absolute Gasteiger partial charge is 0.243 e. The maximum Gasteiger partial charge on any atom is 0.243 e. The maximum absolute atomic E-state index is 12.5. The second kappa shape index (κ2) is 5.86. The van der Waals surface area contributed by atoms with Gasteiger partial charge in [0.15, 0.2) is 0 Å². The van der Waals surface area contributed by atoms with Crippen LogP contribution in [0.1, 0.15) is 12.8 Å². The summed E-state index contributed by atoms with van der Waals surface area (Å²) in [6, 6.07) is 6.46. The lowest BCUT2D eigenvalue weighted by Gasteiger charge is -2.33. The smallest absolute Gasteiger partial charge is 0.212 e. The van der Waals surface area contributed by atoms with Crippen molar-refractivity contribution in [2.75, 3.05) is 26.2 Å². The number of hydrogen-bond donors (Lipinski definition) is 0. The number of hydrogen-bond acceptors (Lipinski definition) is 4. The molecule has 0 bridgehead atoms. The highest BCUT2D eigenvalue weighted by Crippen LogP contribution is 2.31. The van der Waals surface area contributed by atoms with Gasteiger partial charge in [0, 0.05) is 30.7 Å². The van der Waals surface area contributed by atoms with Crippen molar-refractivity contribution in [2.45, 2.75) is 23.0 Å². The minimum atomic E-state index is -3.56. The maximum atomic E-state index is 12.5. The van der Waals surface area contributed by atoms with Crippen LogP contribution in [-0.2, 0) is 20.0 Å². The predicted octanol–water partition coefficient (Wildman–Crippen LogP) is 1.25. The molecule has 1 aliphatic carbocycles. The van der Waals surface area contributed by atoms with E-state index in [0.29, 0.717) is 0 Å². The van der Waals surface area contributed by atoms with Crippen molar-refractivity contribution >= 4 is 36.0 Å². The van der Waals surface area contributed by atoms with Crippen LogP contribution >= 0.6 is 15.9 Å². The zero-order valence-corrected chi connectivity index (χ0v) is 15.1. The van der Waals surface area contributed by atoms with Gasteiger partial charge in [-0.05, 0) is 37.1 Å². The fourth-order valence-electron chi connectivity index (χ4n) is 2.50. The van der Waals surface area contributed by atoms with Crippen molar-refractivity contribution in [1.82, 2.24) is 8.61 Å². The molecule has 0 amide bonds. The lowest BCUT2D eigenvalue weighted by molar-refractivity contribution is 0.272. The van der Waals surface area contributed by atoms with Crippen LogP contribution in [0.2, 0.25) is 0 Å². The molecule has 6 nitrogen and oxygen atoms in total. The summed E-state index contributed by atoms with van der Waals surface area (Å²) >= 11 is 3.28. The van der Waals surface area contributed by atoms with Gasteiger partial charge in [-0.2, -0.15) is 8.61 Å². The molecule has 1 heterocycles. The van der Waals surface area contributed by atoms with Crippen molar-refractivity contribution in [3.05, 3.63) is 28.7 Å². The summed E-state index contributed by atoms with van der Waals surface area (Å²) < 4.78 is 53.0. The molecule has 0 atom stereocenters. The Morgan fingerprint density at radius 1 is 0.864 bits per heavy atom. The number of piperazine rings is 1. The van der Waals surface area contributed by atoms with Crippen LogP contribution in [0, 0.1) is 0 Å². The third kappa shape index (κ3) is 3.09. The molecule has 1 aromatic carbocycles. The monoisotopic (exact) mass is 408 g/mol. The van der Waals surface area contributed by atoms with Crippen molar-refractivity contribution in [2.24, 2.45) is 0 Å². The van der Waals surface area contributed by atoms with E-state index in [1.54, 1.807) is 24.3 Å². The van der Waals surface area contributed by atoms with E-state index in [1.807, 2.05) is 0 Å². The number of halogens is 1. The first-order valence-electron chi connectivity index (χ1n) is 7.06. The average Bonchev–Trinajstić information content (AvgIpc) is 3.33. The molecule has 0 unspecified atom stereocenters. The third-order valence-corrected chi connectivity index (χ3v) is 8.79. The highest BCUT2D eigenvalue weighted by Gasteiger charge is 2.42. The molecule has 122 valence electrons. The quantitative estimate of drug-likeness (QED) is 0.750. The zero-order chi connectivity index (χ0) is 16.0. The van der Waals surface area contributed by atoms with Gasteiger partial charge in [0.25, 0.3) is 0 Å². The zero-order valence-electron chi connectivity index (χ0n) is 11.9. The van der Waals surface area contributed by atoms with Crippen LogP contribution in [-0.4, -0.2) is 56.9 Å². The minimum absolute atomic E-state index is 0.199. The van der Waals surface area contributed by atoms with Crippen molar-refractivity contribution in [3.8, 4) is 0 Å². The number of benzene rings is 1. The van der Waals surface area contributed by atoms with E-state index in [4.69, 9.17) is 0 Å². The van der Waals surface area contributed by atoms with Gasteiger partial charge in [0.1, 0.15) is 0 Å². The Balaban J connectivity index is 1.71. The first kappa shape index (κ1) is 16.4. The Bertz CT molecular complexity index is 750. The molecule has 22 heavy (non-hydrogen) atoms. The topological polar surface area (TPSA) is 74.8 Å². The summed E-state index contributed by atoms with van der Waals surface area (Å²) in [7, 11) is -6.78. The molecular formula is C13H17BrN2O4S2. The van der Waals surface area contributed by atoms with Crippen LogP contribution in [0.4, 0.5) is 0 Å². The second-order valence-corrected chi connectivity index (χ2v) is 10.6. The number of rotatable bonds is 4. The van der Waals surface area contributed by atoms with Crippen LogP contribution in [0.5, 0.6) is 0 Å². The molecule has 0 spiro atoms. The highest BCUT2D eigenvalue weighted by molar-refractivity contribution is 9.10. The summed E-state index contributed by atoms with van der Waals surface area (Å²) in [5.41, 5.74) is 0. The molecule has 1 aromatic rings. The van der Waals surface area contributed by atoms with Gasteiger partial charge < -0.3 is 0 Å². The van der Waals surface area contributed by atoms with Crippen molar-refractivity contribution < 1.29 is 16.8 Å². The Morgan fingerprint density at radius 3 is 1.86 bits per heavy atom. The number of nitrogens with zero attached hydrogens (tertiary/aromatic N) is 2. The van der Waals surface area contributed by atoms with Gasteiger partial charge in [-0.25, -0.2) is 16.8 Å². The van der Waals surface area contributed by atoms with Gasteiger partial charge in [0.2, 0.25) is 20.0 Å². The van der Waals surface area contributed by atoms with Crippen LogP contribution in [0.3, 0.4) is 0 Å². The standard InChI is InChI=1S/C13H17BrN2O4S2/c14-11-1-3-12(4-2-11)21(17,18)15-7-9-16(10-8-15)22(19,20)13-5-6-13/h1-4,13H,5-10H2. The molecule has 0 radical (unpaired) electrons. The summed E-state index contributed by atoms with van der Waals surface area (Å²) in [4.78, 5) is 0.231. The SMILES string of the molecule is O=S(=O)(c1ccc(Br)cc1)N1CCN(S(=O)(=O)C2CC2)CC1. The molecule has 0 N–H and O–H groups in total. The lowest BCUT2D eigenvalue weighted by Crippen LogP contribution is -2.51. The Kier molecular flexibility index (Phi) is 4.36. The molecular weight excluding hydrogens is 392 g/mol. The minimum Gasteiger partial charge on any atom is -0.212 e. The Labute approximate surface area is 139 Å². The number of sulfonamides is 2. The van der Waals surface area contributed by atoms with Crippen molar-refractivity contribution in [3.63, 3.8) is 0 Å². The molecule has 3 rings (SSSR count). The lowest BCUT2D eigenvalue weighted by atomic mass is 10.4. The van der Waals surface area contributed by atoms with E-state index in [1.165, 1.54) is 8.61 Å². The van der Waals surface area contributed by atoms with Gasteiger partial charge in [-0.15, -0.1) is 0 Å². The normalized spacial score (nSPS) is 21.9. The van der Waals surface area contributed by atoms with E-state index < -0.39 is 20.0 Å². The van der Waals surface area contributed by atoms with Gasteiger partial charge >= 0.3 is 0 Å². The second-order valence-electron chi connectivity index (χ2n) is 5.50. The van der Waals surface area contributed by atoms with Crippen LogP contribution < -0.4 is 0 Å². The molecule has 9 heteroatoms. The first-order valence-corrected chi connectivity index (χ1v) is 10.8. The highest BCUT2D eigenvalue weighted by atomic mass is 79.9. The molecule has 1 aliphatic heterocycles. The van der Waals surface area contributed by atoms with E-state index in [9.17, 15) is 16.8 Å². The van der Waals surface area contributed by atoms with E-state index in [2.05, 4.69) is 15.9 Å². The fraction of sp³-hybridized carbons (Fsp3) is 0.538. The van der Waals surface area contributed by atoms with Crippen LogP contribution in [0.15, 0.2) is 33.6 Å². The Hall–Kier alpha value is -0.480. The van der Waals surface area contributed by atoms with Gasteiger partial charge in [0.05, 0.1) is 10.1 Å². The molecule has 1 saturated carbocycles. The molecule has 2 aliphatic rings. The summed E-state index contributed by atoms with van der Waals surface area (Å²) in [6.07, 6.45) is 1.44. The summed E-state index contributed by atoms with van der Waals surface area (Å²) in [5, 5.41) is -0.248. The first-order chi connectivity index (χ1) is 10.3. The third-order valence-electron chi connectivity index (χ3n) is 3.95. The Morgan fingerprint density at radius 2 is 1.36 bits per heavy atom. The molecule has 1 saturated heterocycles. The van der Waals surface area contributed by atoms with Crippen molar-refractivity contribution in [1.29, 1.82) is 0 Å². The van der Waals surface area contributed by atoms with Gasteiger partial charge in [-0.3, -0.25) is 0 Å². The molecule has 0 aromatic heterocycles. The fourth-order valence-corrected chi connectivity index (χ4v) is 6.01. The average molecular weight is 409 g/mol. The van der Waals surface area contributed by atoms with Crippen LogP contribution in [0.25, 0.3) is 0 Å².